The lowest BCUT2D eigenvalue weighted by Gasteiger charge is -2.15. The third kappa shape index (κ3) is 5.93. The van der Waals surface area contributed by atoms with Crippen LogP contribution in [0.3, 0.4) is 0 Å². The Labute approximate surface area is 238 Å². The molecule has 5 rings (SSSR count). The Morgan fingerprint density at radius 3 is 2.55 bits per heavy atom. The summed E-state index contributed by atoms with van der Waals surface area (Å²) in [6.07, 6.45) is 7.35. The van der Waals surface area contributed by atoms with Crippen molar-refractivity contribution >= 4 is 40.1 Å². The standard InChI is InChI=1S/C32H34N4O3S/c1-20-25(8-5-9-26(20)35-31(38)30-18-22-7-3-4-11-29(22)40-30)23-17-27(32(39)36(2)19-23)34-24-14-12-21(13-15-24)28(37)10-6-16-33/h5,8-9,12-15,17-19,34H,3-4,6-7,10-11,16,33H2,1-2H3,(H,35,38). The highest BCUT2D eigenvalue weighted by Gasteiger charge is 2.19. The molecule has 4 N–H and O–H groups in total. The molecular weight excluding hydrogens is 520 g/mol. The maximum absolute atomic E-state index is 13.1. The topological polar surface area (TPSA) is 106 Å². The summed E-state index contributed by atoms with van der Waals surface area (Å²) in [4.78, 5) is 40.4. The van der Waals surface area contributed by atoms with Crippen LogP contribution in [-0.4, -0.2) is 22.8 Å². The maximum atomic E-state index is 13.1. The van der Waals surface area contributed by atoms with Gasteiger partial charge in [0.15, 0.2) is 5.78 Å². The van der Waals surface area contributed by atoms with E-state index < -0.39 is 0 Å². The van der Waals surface area contributed by atoms with Crippen LogP contribution in [-0.2, 0) is 19.9 Å². The van der Waals surface area contributed by atoms with E-state index in [-0.39, 0.29) is 17.2 Å². The third-order valence-electron chi connectivity index (χ3n) is 7.39. The molecule has 0 fully saturated rings. The molecule has 0 saturated carbocycles. The molecule has 0 radical (unpaired) electrons. The number of nitrogens with one attached hydrogen (secondary N) is 2. The van der Waals surface area contributed by atoms with Crippen LogP contribution in [0.25, 0.3) is 11.1 Å². The van der Waals surface area contributed by atoms with Gasteiger partial charge in [-0.3, -0.25) is 14.4 Å². The van der Waals surface area contributed by atoms with Crippen LogP contribution in [0.1, 0.15) is 61.7 Å². The highest BCUT2D eigenvalue weighted by molar-refractivity contribution is 7.14. The Bertz CT molecular complexity index is 1590. The summed E-state index contributed by atoms with van der Waals surface area (Å²) in [6, 6.07) is 16.8. The summed E-state index contributed by atoms with van der Waals surface area (Å²) in [6.45, 7) is 2.46. The SMILES string of the molecule is Cc1c(NC(=O)c2cc3c(s2)CCCC3)cccc1-c1cc(Nc2ccc(C(=O)CCCN)cc2)c(=O)n(C)c1. The fraction of sp³-hybridized carbons (Fsp3) is 0.281. The van der Waals surface area contributed by atoms with Crippen molar-refractivity contribution in [3.8, 4) is 11.1 Å². The fourth-order valence-corrected chi connectivity index (χ4v) is 6.27. The van der Waals surface area contributed by atoms with Gasteiger partial charge in [0.1, 0.15) is 5.69 Å². The first-order chi connectivity index (χ1) is 19.3. The number of carbonyl (C=O) groups is 2. The number of fused-ring (bicyclic) bond motifs is 1. The first-order valence-electron chi connectivity index (χ1n) is 13.7. The third-order valence-corrected chi connectivity index (χ3v) is 8.63. The van der Waals surface area contributed by atoms with Gasteiger partial charge in [-0.15, -0.1) is 11.3 Å². The van der Waals surface area contributed by atoms with Crippen LogP contribution in [0, 0.1) is 6.92 Å². The lowest BCUT2D eigenvalue weighted by atomic mass is 9.99. The van der Waals surface area contributed by atoms with E-state index in [1.807, 2.05) is 37.3 Å². The number of rotatable bonds is 9. The molecule has 2 aromatic carbocycles. The van der Waals surface area contributed by atoms with E-state index in [1.165, 1.54) is 23.3 Å². The lowest BCUT2D eigenvalue weighted by Crippen LogP contribution is -2.19. The van der Waals surface area contributed by atoms with Gasteiger partial charge in [0.2, 0.25) is 0 Å². The summed E-state index contributed by atoms with van der Waals surface area (Å²) in [5.74, 6) is -0.0385. The molecule has 1 aliphatic carbocycles. The van der Waals surface area contributed by atoms with Crippen LogP contribution in [0.4, 0.5) is 17.1 Å². The predicted octanol–water partition coefficient (Wildman–Crippen LogP) is 6.22. The van der Waals surface area contributed by atoms with E-state index in [0.717, 1.165) is 40.1 Å². The number of carbonyl (C=O) groups excluding carboxylic acids is 2. The van der Waals surface area contributed by atoms with Crippen LogP contribution < -0.4 is 21.9 Å². The fourth-order valence-electron chi connectivity index (χ4n) is 5.12. The number of Topliss-reactive ketones (excluding diaryl/α,β-unsaturated/α-hetero) is 1. The molecule has 40 heavy (non-hydrogen) atoms. The van der Waals surface area contributed by atoms with E-state index in [9.17, 15) is 14.4 Å². The van der Waals surface area contributed by atoms with Crippen molar-refractivity contribution in [3.05, 3.63) is 97.6 Å². The van der Waals surface area contributed by atoms with Gasteiger partial charge in [-0.25, -0.2) is 0 Å². The zero-order valence-corrected chi connectivity index (χ0v) is 23.7. The van der Waals surface area contributed by atoms with Crippen molar-refractivity contribution in [2.75, 3.05) is 17.2 Å². The van der Waals surface area contributed by atoms with E-state index >= 15 is 0 Å². The molecule has 7 nitrogen and oxygen atoms in total. The second-order valence-electron chi connectivity index (χ2n) is 10.3. The number of hydrogen-bond acceptors (Lipinski definition) is 6. The quantitative estimate of drug-likeness (QED) is 0.213. The molecule has 0 aliphatic heterocycles. The Morgan fingerprint density at radius 1 is 1.02 bits per heavy atom. The molecule has 2 heterocycles. The number of nitrogens with two attached hydrogens (primary N) is 1. The summed E-state index contributed by atoms with van der Waals surface area (Å²) in [7, 11) is 1.72. The number of anilines is 3. The average Bonchev–Trinajstić information content (AvgIpc) is 3.40. The second-order valence-corrected chi connectivity index (χ2v) is 11.4. The largest absolute Gasteiger partial charge is 0.351 e. The van der Waals surface area contributed by atoms with Crippen molar-refractivity contribution < 1.29 is 9.59 Å². The highest BCUT2D eigenvalue weighted by Crippen LogP contribution is 2.32. The number of hydrogen-bond donors (Lipinski definition) is 3. The van der Waals surface area contributed by atoms with E-state index in [2.05, 4.69) is 10.6 Å². The molecular formula is C32H34N4O3S. The van der Waals surface area contributed by atoms with Gasteiger partial charge in [0.05, 0.1) is 4.88 Å². The van der Waals surface area contributed by atoms with Crippen molar-refractivity contribution in [2.24, 2.45) is 12.8 Å². The summed E-state index contributed by atoms with van der Waals surface area (Å²) >= 11 is 1.60. The molecule has 4 aromatic rings. The zero-order chi connectivity index (χ0) is 28.2. The molecule has 1 aliphatic rings. The predicted molar refractivity (Wildman–Crippen MR) is 163 cm³/mol. The number of thiophene rings is 1. The molecule has 0 unspecified atom stereocenters. The van der Waals surface area contributed by atoms with Crippen LogP contribution in [0.2, 0.25) is 0 Å². The molecule has 206 valence electrons. The molecule has 2 aromatic heterocycles. The first-order valence-corrected chi connectivity index (χ1v) is 14.5. The van der Waals surface area contributed by atoms with E-state index in [0.29, 0.717) is 36.3 Å². The number of pyridine rings is 1. The molecule has 8 heteroatoms. The molecule has 0 bridgehead atoms. The molecule has 0 saturated heterocycles. The molecule has 0 atom stereocenters. The minimum absolute atomic E-state index is 0.0519. The normalized spacial score (nSPS) is 12.6. The van der Waals surface area contributed by atoms with Gasteiger partial charge in [-0.2, -0.15) is 0 Å². The number of aryl methyl sites for hydroxylation is 3. The number of nitrogens with zero attached hydrogens (tertiary/aromatic N) is 1. The maximum Gasteiger partial charge on any atom is 0.274 e. The second kappa shape index (κ2) is 12.0. The average molecular weight is 555 g/mol. The minimum Gasteiger partial charge on any atom is -0.351 e. The highest BCUT2D eigenvalue weighted by atomic mass is 32.1. The number of aromatic nitrogens is 1. The number of amides is 1. The number of ketones is 1. The smallest absolute Gasteiger partial charge is 0.274 e. The van der Waals surface area contributed by atoms with Crippen molar-refractivity contribution in [2.45, 2.75) is 45.4 Å². The van der Waals surface area contributed by atoms with Crippen LogP contribution in [0.5, 0.6) is 0 Å². The summed E-state index contributed by atoms with van der Waals surface area (Å²) in [5.41, 5.74) is 11.8. The van der Waals surface area contributed by atoms with Gasteiger partial charge >= 0.3 is 0 Å². The van der Waals surface area contributed by atoms with Gasteiger partial charge in [0, 0.05) is 47.0 Å². The number of benzene rings is 2. The van der Waals surface area contributed by atoms with Crippen molar-refractivity contribution in [3.63, 3.8) is 0 Å². The Hall–Kier alpha value is -4.01. The van der Waals surface area contributed by atoms with Gasteiger partial charge in [0.25, 0.3) is 11.5 Å². The van der Waals surface area contributed by atoms with Crippen LogP contribution >= 0.6 is 11.3 Å². The Balaban J connectivity index is 1.38. The van der Waals surface area contributed by atoms with Gasteiger partial charge < -0.3 is 20.9 Å². The van der Waals surface area contributed by atoms with Gasteiger partial charge in [-0.1, -0.05) is 12.1 Å². The lowest BCUT2D eigenvalue weighted by molar-refractivity contribution is 0.0979. The van der Waals surface area contributed by atoms with Gasteiger partial charge in [-0.05, 0) is 105 Å². The van der Waals surface area contributed by atoms with E-state index in [4.69, 9.17) is 5.73 Å². The van der Waals surface area contributed by atoms with Crippen LogP contribution in [0.15, 0.2) is 65.6 Å². The van der Waals surface area contributed by atoms with Crippen molar-refractivity contribution in [1.82, 2.24) is 4.57 Å². The zero-order valence-electron chi connectivity index (χ0n) is 22.9. The van der Waals surface area contributed by atoms with Crippen molar-refractivity contribution in [1.29, 1.82) is 0 Å². The first kappa shape index (κ1) is 27.6. The molecule has 0 spiro atoms. The Kier molecular flexibility index (Phi) is 8.28. The molecule has 1 amide bonds. The monoisotopic (exact) mass is 554 g/mol. The van der Waals surface area contributed by atoms with E-state index in [1.54, 1.807) is 53.4 Å². The Morgan fingerprint density at radius 2 is 1.80 bits per heavy atom. The summed E-state index contributed by atoms with van der Waals surface area (Å²) < 4.78 is 1.54. The summed E-state index contributed by atoms with van der Waals surface area (Å²) in [5, 5.41) is 6.32. The minimum atomic E-state index is -0.171.